The van der Waals surface area contributed by atoms with Gasteiger partial charge >= 0.3 is 0 Å². The maximum atomic E-state index is 12.6. The van der Waals surface area contributed by atoms with E-state index in [0.717, 1.165) is 132 Å². The smallest absolute Gasteiger partial charge is 0.126 e. The maximum Gasteiger partial charge on any atom is 0.126 e. The number of nitriles is 1. The third-order valence-corrected chi connectivity index (χ3v) is 21.6. The average Bonchev–Trinajstić information content (AvgIpc) is 0.964. The molecule has 19 aromatic rings. The van der Waals surface area contributed by atoms with Crippen molar-refractivity contribution in [2.24, 2.45) is 0 Å². The molecule has 7 heteroatoms. The molecule has 0 fully saturated rings. The first kappa shape index (κ1) is 58.1. The van der Waals surface area contributed by atoms with Crippen LogP contribution in [-0.4, -0.2) is 23.3 Å². The summed E-state index contributed by atoms with van der Waals surface area (Å²) in [6, 6.07) is 106. The topological polar surface area (TPSA) is 56.4 Å². The molecule has 14 aromatic carbocycles. The second-order valence-corrected chi connectivity index (χ2v) is 28.1. The van der Waals surface area contributed by atoms with Crippen molar-refractivity contribution >= 4 is 109 Å². The number of hydrogen-bond donors (Lipinski definition) is 0. The second kappa shape index (κ2) is 22.4. The first-order valence-corrected chi connectivity index (χ1v) is 34.8. The Labute approximate surface area is 577 Å². The van der Waals surface area contributed by atoms with Crippen molar-refractivity contribution in [1.82, 2.24) is 23.3 Å². The number of rotatable bonds is 9. The van der Waals surface area contributed by atoms with E-state index < -0.39 is 0 Å². The summed E-state index contributed by atoms with van der Waals surface area (Å²) in [7, 11) is 0. The summed E-state index contributed by atoms with van der Waals surface area (Å²) < 4.78 is 10.6. The molecule has 0 saturated heterocycles. The van der Waals surface area contributed by atoms with Gasteiger partial charge in [-0.3, -0.25) is 0 Å². The molecule has 0 amide bonds. The van der Waals surface area contributed by atoms with Gasteiger partial charge in [-0.1, -0.05) is 167 Å². The zero-order chi connectivity index (χ0) is 66.5. The zero-order valence-electron chi connectivity index (χ0n) is 55.6. The highest BCUT2D eigenvalue weighted by Crippen LogP contribution is 2.55. The van der Waals surface area contributed by atoms with Crippen LogP contribution >= 0.6 is 11.3 Å². The van der Waals surface area contributed by atoms with E-state index in [1.807, 2.05) is 0 Å². The minimum Gasteiger partial charge on any atom is -0.309 e. The van der Waals surface area contributed by atoms with Gasteiger partial charge in [-0.15, -0.1) is 11.3 Å². The fourth-order valence-corrected chi connectivity index (χ4v) is 17.1. The van der Waals surface area contributed by atoms with Crippen LogP contribution in [0.5, 0.6) is 0 Å². The molecule has 0 N–H and O–H groups in total. The normalized spacial score (nSPS) is 11.9. The molecule has 5 heterocycles. The summed E-state index contributed by atoms with van der Waals surface area (Å²) in [6.07, 6.45) is 0. The van der Waals surface area contributed by atoms with Gasteiger partial charge in [-0.2, -0.15) is 5.26 Å². The lowest BCUT2D eigenvalue weighted by Gasteiger charge is -2.26. The first-order chi connectivity index (χ1) is 48.5. The van der Waals surface area contributed by atoms with Gasteiger partial charge in [0.1, 0.15) is 11.1 Å². The van der Waals surface area contributed by atoms with Crippen molar-refractivity contribution in [3.05, 3.63) is 318 Å². The number of benzene rings is 14. The number of aryl methyl sites for hydroxylation is 6. The molecule has 0 aliphatic heterocycles. The largest absolute Gasteiger partial charge is 0.309 e. The van der Waals surface area contributed by atoms with E-state index in [2.05, 4.69) is 345 Å². The summed E-state index contributed by atoms with van der Waals surface area (Å²) in [5, 5.41) is 23.2. The fraction of sp³-hybridized carbons (Fsp3) is 0.0652. The number of hydrogen-bond acceptors (Lipinski definition) is 3. The van der Waals surface area contributed by atoms with Gasteiger partial charge in [0, 0.05) is 82.5 Å². The first-order valence-electron chi connectivity index (χ1n) is 34.0. The summed E-state index contributed by atoms with van der Waals surface area (Å²) in [5.41, 5.74) is 30.5. The van der Waals surface area contributed by atoms with Gasteiger partial charge in [0.05, 0.1) is 59.9 Å². The minimum atomic E-state index is 0.551. The highest BCUT2D eigenvalue weighted by molar-refractivity contribution is 7.21. The van der Waals surface area contributed by atoms with Crippen LogP contribution in [0.4, 0.5) is 0 Å². The zero-order valence-corrected chi connectivity index (χ0v) is 56.5. The van der Waals surface area contributed by atoms with E-state index in [1.165, 1.54) is 76.5 Å². The Morgan fingerprint density at radius 2 is 0.545 bits per heavy atom. The maximum absolute atomic E-state index is 12.6. The molecular weight excluding hydrogens is 1220 g/mol. The molecule has 0 saturated carbocycles. The van der Waals surface area contributed by atoms with E-state index in [-0.39, 0.29) is 0 Å². The van der Waals surface area contributed by atoms with Gasteiger partial charge in [0.15, 0.2) is 0 Å². The summed E-state index contributed by atoms with van der Waals surface area (Å²) >= 11 is 1.64. The number of para-hydroxylation sites is 3. The Morgan fingerprint density at radius 3 is 0.869 bits per heavy atom. The molecule has 99 heavy (non-hydrogen) atoms. The molecule has 0 radical (unpaired) electrons. The standard InChI is InChI=1S/C92H64N6S/c1-54-19-41-80-70(47-54)71-48-55(2)20-42-81(71)96(80)65-33-25-60(26-34-65)87-76(53-93)91(92-94-77-15-9-12-18-86(77)99-92)90(63-31-39-64(40-32-63)95-78-16-10-7-13-68(78)69-14-8-11-17-79(69)95)89(62-29-37-67(38-30-62)98-84-45-23-58(5)51-74(84)75-52-59(6)24-46-85(75)98)88(87)61-27-35-66(36-28-61)97-82-43-21-56(3)49-72(82)73-50-57(4)22-44-83(73)97/h7-52H,1-6H3. The lowest BCUT2D eigenvalue weighted by atomic mass is 9.77. The highest BCUT2D eigenvalue weighted by Gasteiger charge is 2.31. The van der Waals surface area contributed by atoms with Crippen LogP contribution in [0, 0.1) is 52.9 Å². The molecule has 0 bridgehead atoms. The quantitative estimate of drug-likeness (QED) is 0.145. The Morgan fingerprint density at radius 1 is 0.273 bits per heavy atom. The Bertz CT molecular complexity index is 6370. The predicted molar refractivity (Wildman–Crippen MR) is 417 cm³/mol. The molecule has 468 valence electrons. The third-order valence-electron chi connectivity index (χ3n) is 20.6. The predicted octanol–water partition coefficient (Wildman–Crippen LogP) is 24.7. The fourth-order valence-electron chi connectivity index (χ4n) is 16.1. The molecule has 19 rings (SSSR count). The monoisotopic (exact) mass is 1280 g/mol. The molecule has 0 spiro atoms. The van der Waals surface area contributed by atoms with Gasteiger partial charge < -0.3 is 18.3 Å². The minimum absolute atomic E-state index is 0.551. The van der Waals surface area contributed by atoms with Gasteiger partial charge in [-0.05, 0) is 221 Å². The van der Waals surface area contributed by atoms with Crippen molar-refractivity contribution in [1.29, 1.82) is 5.26 Å². The number of aromatic nitrogens is 5. The SMILES string of the molecule is Cc1ccc2c(c1)c1cc(C)ccc1n2-c1ccc(-c2c(C#N)c(-c3nc4ccccc4s3)c(-c3ccc(-n4c5ccccc5c5ccccc54)cc3)c(-c3ccc(-n4c5ccc(C)cc5c5cc(C)ccc54)cc3)c2-c2ccc(-n3c4ccc(C)cc4c4cc(C)ccc43)cc2)cc1. The van der Waals surface area contributed by atoms with Crippen LogP contribution < -0.4 is 0 Å². The highest BCUT2D eigenvalue weighted by atomic mass is 32.1. The van der Waals surface area contributed by atoms with Crippen LogP contribution in [0.15, 0.2) is 279 Å². The lowest BCUT2D eigenvalue weighted by molar-refractivity contribution is 1.18. The van der Waals surface area contributed by atoms with Crippen LogP contribution in [0.2, 0.25) is 0 Å². The van der Waals surface area contributed by atoms with Crippen LogP contribution in [0.1, 0.15) is 38.9 Å². The van der Waals surface area contributed by atoms with Crippen molar-refractivity contribution in [2.45, 2.75) is 41.5 Å². The summed E-state index contributed by atoms with van der Waals surface area (Å²) in [6.45, 7) is 13.0. The molecule has 6 nitrogen and oxygen atoms in total. The molecular formula is C92H64N6S. The Kier molecular flexibility index (Phi) is 13.1. The van der Waals surface area contributed by atoms with E-state index in [4.69, 9.17) is 4.98 Å². The van der Waals surface area contributed by atoms with Crippen LogP contribution in [0.3, 0.4) is 0 Å². The van der Waals surface area contributed by atoms with Gasteiger partial charge in [-0.25, -0.2) is 4.98 Å². The van der Waals surface area contributed by atoms with Crippen LogP contribution in [0.25, 0.3) is 175 Å². The van der Waals surface area contributed by atoms with E-state index in [0.29, 0.717) is 5.56 Å². The molecule has 0 unspecified atom stereocenters. The van der Waals surface area contributed by atoms with Gasteiger partial charge in [0.2, 0.25) is 0 Å². The van der Waals surface area contributed by atoms with Crippen molar-refractivity contribution in [3.63, 3.8) is 0 Å². The Hall–Kier alpha value is -12.3. The van der Waals surface area contributed by atoms with Crippen molar-refractivity contribution < 1.29 is 0 Å². The van der Waals surface area contributed by atoms with Crippen molar-refractivity contribution in [2.75, 3.05) is 0 Å². The van der Waals surface area contributed by atoms with Crippen LogP contribution in [-0.2, 0) is 0 Å². The molecule has 0 aliphatic rings. The second-order valence-electron chi connectivity index (χ2n) is 27.0. The number of nitrogens with zero attached hydrogens (tertiary/aromatic N) is 6. The number of fused-ring (bicyclic) bond motifs is 13. The molecule has 0 atom stereocenters. The van der Waals surface area contributed by atoms with E-state index in [1.54, 1.807) is 11.3 Å². The van der Waals surface area contributed by atoms with Gasteiger partial charge in [0.25, 0.3) is 0 Å². The van der Waals surface area contributed by atoms with E-state index >= 15 is 0 Å². The Balaban J connectivity index is 0.923. The molecule has 5 aromatic heterocycles. The van der Waals surface area contributed by atoms with E-state index in [9.17, 15) is 5.26 Å². The average molecular weight is 1290 g/mol. The summed E-state index contributed by atoms with van der Waals surface area (Å²) in [4.78, 5) is 5.57. The lowest BCUT2D eigenvalue weighted by Crippen LogP contribution is -2.03. The van der Waals surface area contributed by atoms with Crippen molar-refractivity contribution in [3.8, 4) is 83.9 Å². The number of thiazole rings is 1. The third kappa shape index (κ3) is 9.10. The molecule has 0 aliphatic carbocycles. The summed E-state index contributed by atoms with van der Waals surface area (Å²) in [5.74, 6) is 0.